The van der Waals surface area contributed by atoms with E-state index in [2.05, 4.69) is 40.6 Å². The maximum Gasteiger partial charge on any atom is 0.0506 e. The molecule has 0 saturated carbocycles. The van der Waals surface area contributed by atoms with Crippen LogP contribution in [0.2, 0.25) is 0 Å². The second-order valence-electron chi connectivity index (χ2n) is 2.08. The van der Waals surface area contributed by atoms with Gasteiger partial charge in [-0.2, -0.15) is 0 Å². The van der Waals surface area contributed by atoms with Crippen LogP contribution >= 0.6 is 22.6 Å². The first-order valence-electron chi connectivity index (χ1n) is 2.79. The van der Waals surface area contributed by atoms with Crippen LogP contribution in [0.1, 0.15) is 11.3 Å². The molecule has 0 N–H and O–H groups in total. The first-order valence-corrected chi connectivity index (χ1v) is 3.87. The van der Waals surface area contributed by atoms with Crippen LogP contribution in [0.4, 0.5) is 0 Å². The summed E-state index contributed by atoms with van der Waals surface area (Å²) in [7, 11) is 0. The number of nitrogens with zero attached hydrogens (tertiary/aromatic N) is 1. The Hall–Kier alpha value is -0.120. The summed E-state index contributed by atoms with van der Waals surface area (Å²) in [6.07, 6.45) is 1.89. The molecule has 0 atom stereocenters. The Labute approximate surface area is 68.6 Å². The molecule has 0 spiro atoms. The van der Waals surface area contributed by atoms with Gasteiger partial charge >= 0.3 is 0 Å². The molecular weight excluding hydrogens is 225 g/mol. The first-order chi connectivity index (χ1) is 4.20. The lowest BCUT2D eigenvalue weighted by Gasteiger charge is -1.95. The summed E-state index contributed by atoms with van der Waals surface area (Å²) >= 11 is 2.29. The Bertz CT molecular complexity index is 220. The summed E-state index contributed by atoms with van der Waals surface area (Å²) in [6, 6.07) is 2.13. The fourth-order valence-corrected chi connectivity index (χ4v) is 1.23. The largest absolute Gasteiger partial charge is 0.260 e. The van der Waals surface area contributed by atoms with Crippen molar-refractivity contribution in [2.24, 2.45) is 0 Å². The molecule has 0 fully saturated rings. The number of halogens is 1. The van der Waals surface area contributed by atoms with Gasteiger partial charge in [-0.15, -0.1) is 0 Å². The average Bonchev–Trinajstić information content (AvgIpc) is 1.80. The zero-order chi connectivity index (χ0) is 6.85. The van der Waals surface area contributed by atoms with Gasteiger partial charge in [0.25, 0.3) is 0 Å². The van der Waals surface area contributed by atoms with Crippen LogP contribution < -0.4 is 0 Å². The van der Waals surface area contributed by atoms with Gasteiger partial charge in [0.2, 0.25) is 0 Å². The van der Waals surface area contributed by atoms with Gasteiger partial charge in [0.05, 0.1) is 5.69 Å². The van der Waals surface area contributed by atoms with Crippen LogP contribution in [0.25, 0.3) is 0 Å². The smallest absolute Gasteiger partial charge is 0.0506 e. The van der Waals surface area contributed by atoms with E-state index in [1.807, 2.05) is 13.1 Å². The zero-order valence-corrected chi connectivity index (χ0v) is 7.64. The van der Waals surface area contributed by atoms with Crippen molar-refractivity contribution in [3.05, 3.63) is 27.1 Å². The topological polar surface area (TPSA) is 12.9 Å². The summed E-state index contributed by atoms with van der Waals surface area (Å²) < 4.78 is 1.24. The monoisotopic (exact) mass is 233 g/mol. The predicted molar refractivity (Wildman–Crippen MR) is 46.4 cm³/mol. The number of aromatic nitrogens is 1. The van der Waals surface area contributed by atoms with E-state index in [9.17, 15) is 0 Å². The van der Waals surface area contributed by atoms with Crippen molar-refractivity contribution in [3.63, 3.8) is 0 Å². The van der Waals surface area contributed by atoms with Crippen molar-refractivity contribution in [1.82, 2.24) is 4.98 Å². The fourth-order valence-electron chi connectivity index (χ4n) is 0.602. The van der Waals surface area contributed by atoms with E-state index < -0.39 is 0 Å². The van der Waals surface area contributed by atoms with Gasteiger partial charge in [-0.05, 0) is 48.1 Å². The van der Waals surface area contributed by atoms with Gasteiger partial charge in [0.1, 0.15) is 0 Å². The van der Waals surface area contributed by atoms with Crippen molar-refractivity contribution in [2.45, 2.75) is 13.8 Å². The highest BCUT2D eigenvalue weighted by Crippen LogP contribution is 2.08. The van der Waals surface area contributed by atoms with E-state index in [-0.39, 0.29) is 0 Å². The normalized spacial score (nSPS) is 9.67. The predicted octanol–water partition coefficient (Wildman–Crippen LogP) is 2.30. The van der Waals surface area contributed by atoms with Crippen LogP contribution in [0.3, 0.4) is 0 Å². The maximum absolute atomic E-state index is 4.17. The van der Waals surface area contributed by atoms with E-state index in [1.54, 1.807) is 0 Å². The number of rotatable bonds is 0. The molecule has 0 aliphatic heterocycles. The SMILES string of the molecule is Cc1cnc(C)c(I)c1. The lowest BCUT2D eigenvalue weighted by Crippen LogP contribution is -1.85. The third-order valence-corrected chi connectivity index (χ3v) is 2.25. The second kappa shape index (κ2) is 2.64. The van der Waals surface area contributed by atoms with Gasteiger partial charge < -0.3 is 0 Å². The van der Waals surface area contributed by atoms with E-state index in [0.717, 1.165) is 5.69 Å². The minimum atomic E-state index is 1.11. The zero-order valence-electron chi connectivity index (χ0n) is 5.48. The number of hydrogen-bond acceptors (Lipinski definition) is 1. The molecule has 0 aliphatic rings. The summed E-state index contributed by atoms with van der Waals surface area (Å²) in [6.45, 7) is 4.07. The van der Waals surface area contributed by atoms with Crippen LogP contribution in [0.5, 0.6) is 0 Å². The Balaban J connectivity index is 3.17. The van der Waals surface area contributed by atoms with E-state index in [1.165, 1.54) is 9.13 Å². The van der Waals surface area contributed by atoms with Crippen molar-refractivity contribution in [2.75, 3.05) is 0 Å². The van der Waals surface area contributed by atoms with Crippen molar-refractivity contribution in [3.8, 4) is 0 Å². The molecule has 0 amide bonds. The van der Waals surface area contributed by atoms with Crippen LogP contribution in [-0.4, -0.2) is 4.98 Å². The fraction of sp³-hybridized carbons (Fsp3) is 0.286. The minimum absolute atomic E-state index is 1.11. The number of pyridine rings is 1. The Morgan fingerprint density at radius 1 is 1.44 bits per heavy atom. The highest BCUT2D eigenvalue weighted by molar-refractivity contribution is 14.1. The maximum atomic E-state index is 4.17. The molecule has 0 bridgehead atoms. The molecule has 1 rings (SSSR count). The van der Waals surface area contributed by atoms with Crippen LogP contribution in [0, 0.1) is 17.4 Å². The van der Waals surface area contributed by atoms with Gasteiger partial charge in [0, 0.05) is 9.77 Å². The lowest BCUT2D eigenvalue weighted by atomic mass is 10.3. The molecule has 0 aliphatic carbocycles. The quantitative estimate of drug-likeness (QED) is 0.626. The first kappa shape index (κ1) is 6.99. The number of aryl methyl sites for hydroxylation is 2. The molecule has 1 aromatic heterocycles. The van der Waals surface area contributed by atoms with Crippen molar-refractivity contribution >= 4 is 22.6 Å². The minimum Gasteiger partial charge on any atom is -0.260 e. The Morgan fingerprint density at radius 2 is 2.11 bits per heavy atom. The van der Waals surface area contributed by atoms with Crippen LogP contribution in [-0.2, 0) is 0 Å². The molecule has 2 heteroatoms. The summed E-state index contributed by atoms with van der Waals surface area (Å²) in [5, 5.41) is 0. The summed E-state index contributed by atoms with van der Waals surface area (Å²) in [5.74, 6) is 0. The molecule has 1 heterocycles. The molecule has 0 aromatic carbocycles. The van der Waals surface area contributed by atoms with Crippen LogP contribution in [0.15, 0.2) is 12.3 Å². The van der Waals surface area contributed by atoms with Gasteiger partial charge in [-0.1, -0.05) is 0 Å². The Morgan fingerprint density at radius 3 is 2.56 bits per heavy atom. The molecule has 48 valence electrons. The lowest BCUT2D eigenvalue weighted by molar-refractivity contribution is 1.15. The Kier molecular flexibility index (Phi) is 2.05. The van der Waals surface area contributed by atoms with Gasteiger partial charge in [-0.25, -0.2) is 0 Å². The number of hydrogen-bond donors (Lipinski definition) is 0. The second-order valence-corrected chi connectivity index (χ2v) is 3.24. The average molecular weight is 233 g/mol. The van der Waals surface area contributed by atoms with Gasteiger partial charge in [0.15, 0.2) is 0 Å². The summed E-state index contributed by atoms with van der Waals surface area (Å²) in [4.78, 5) is 4.17. The molecule has 0 saturated heterocycles. The standard InChI is InChI=1S/C7H8IN/c1-5-3-7(8)6(2)9-4-5/h3-4H,1-2H3. The highest BCUT2D eigenvalue weighted by atomic mass is 127. The van der Waals surface area contributed by atoms with E-state index in [4.69, 9.17) is 0 Å². The van der Waals surface area contributed by atoms with Crippen molar-refractivity contribution < 1.29 is 0 Å². The van der Waals surface area contributed by atoms with Gasteiger partial charge in [-0.3, -0.25) is 4.98 Å². The molecule has 0 unspecified atom stereocenters. The van der Waals surface area contributed by atoms with E-state index in [0.29, 0.717) is 0 Å². The molecular formula is C7H8IN. The van der Waals surface area contributed by atoms with E-state index >= 15 is 0 Å². The molecule has 0 radical (unpaired) electrons. The summed E-state index contributed by atoms with van der Waals surface area (Å²) in [5.41, 5.74) is 2.34. The third kappa shape index (κ3) is 1.64. The molecule has 9 heavy (non-hydrogen) atoms. The molecule has 1 nitrogen and oxygen atoms in total. The third-order valence-electron chi connectivity index (χ3n) is 1.16. The molecule has 1 aromatic rings. The highest BCUT2D eigenvalue weighted by Gasteiger charge is 1.92. The van der Waals surface area contributed by atoms with Crippen molar-refractivity contribution in [1.29, 1.82) is 0 Å².